The van der Waals surface area contributed by atoms with Crippen molar-refractivity contribution in [3.05, 3.63) is 143 Å². The normalized spacial score (nSPS) is 13.8. The van der Waals surface area contributed by atoms with Crippen LogP contribution in [0.5, 0.6) is 0 Å². The van der Waals surface area contributed by atoms with Gasteiger partial charge in [0.2, 0.25) is 0 Å². The highest BCUT2D eigenvalue weighted by Gasteiger charge is 2.26. The van der Waals surface area contributed by atoms with E-state index in [1.165, 1.54) is 27.8 Å². The van der Waals surface area contributed by atoms with Crippen LogP contribution in [0.15, 0.2) is 115 Å². The van der Waals surface area contributed by atoms with Crippen molar-refractivity contribution in [2.45, 2.75) is 50.4 Å². The fourth-order valence-electron chi connectivity index (χ4n) is 4.80. The van der Waals surface area contributed by atoms with E-state index in [1.807, 2.05) is 30.3 Å². The Kier molecular flexibility index (Phi) is 9.24. The van der Waals surface area contributed by atoms with E-state index in [1.54, 1.807) is 0 Å². The topological polar surface area (TPSA) is 58.3 Å². The lowest BCUT2D eigenvalue weighted by Gasteiger charge is -2.29. The molecule has 3 unspecified atom stereocenters. The summed E-state index contributed by atoms with van der Waals surface area (Å²) in [4.78, 5) is 0. The highest BCUT2D eigenvalue weighted by atomic mass is 16.3. The molecule has 4 rings (SSSR count). The molecule has 0 amide bonds. The molecule has 3 atom stereocenters. The van der Waals surface area contributed by atoms with Gasteiger partial charge in [0, 0.05) is 25.0 Å². The first-order valence-corrected chi connectivity index (χ1v) is 12.6. The first-order valence-electron chi connectivity index (χ1n) is 12.6. The molecule has 180 valence electrons. The second-order valence-corrected chi connectivity index (χ2v) is 9.25. The highest BCUT2D eigenvalue weighted by molar-refractivity contribution is 5.39. The molecule has 4 N–H and O–H groups in total. The van der Waals surface area contributed by atoms with Gasteiger partial charge in [-0.05, 0) is 47.1 Å². The molecule has 0 fully saturated rings. The van der Waals surface area contributed by atoms with Gasteiger partial charge >= 0.3 is 0 Å². The van der Waals surface area contributed by atoms with Crippen LogP contribution in [0.25, 0.3) is 0 Å². The zero-order valence-corrected chi connectivity index (χ0v) is 20.3. The van der Waals surface area contributed by atoms with E-state index in [4.69, 9.17) is 5.73 Å². The molecule has 3 nitrogen and oxygen atoms in total. The van der Waals surface area contributed by atoms with Gasteiger partial charge in [0.25, 0.3) is 0 Å². The standard InChI is InChI=1S/C32H36N2O/c33-31(22-29(35)21-20-25-12-4-1-5-13-25)32(27-16-8-3-9-17-27)30-19-11-10-18-28(30)24-34-23-26-14-6-2-7-15-26/h1-19,29,31-32,34-35H,20-24,33H2. The summed E-state index contributed by atoms with van der Waals surface area (Å²) in [5, 5.41) is 14.5. The van der Waals surface area contributed by atoms with Crippen molar-refractivity contribution in [2.75, 3.05) is 0 Å². The molecule has 0 aliphatic rings. The number of nitrogens with two attached hydrogens (primary N) is 1. The summed E-state index contributed by atoms with van der Waals surface area (Å²) < 4.78 is 0. The van der Waals surface area contributed by atoms with Gasteiger partial charge in [-0.3, -0.25) is 0 Å². The van der Waals surface area contributed by atoms with E-state index in [2.05, 4.69) is 90.2 Å². The van der Waals surface area contributed by atoms with Crippen LogP contribution in [0.2, 0.25) is 0 Å². The summed E-state index contributed by atoms with van der Waals surface area (Å²) in [6.07, 6.45) is 1.67. The van der Waals surface area contributed by atoms with Crippen LogP contribution in [0.1, 0.15) is 46.6 Å². The number of aliphatic hydroxyl groups is 1. The van der Waals surface area contributed by atoms with E-state index in [0.717, 1.165) is 19.5 Å². The third kappa shape index (κ3) is 7.37. The van der Waals surface area contributed by atoms with Crippen LogP contribution < -0.4 is 11.1 Å². The minimum Gasteiger partial charge on any atom is -0.393 e. The van der Waals surface area contributed by atoms with Crippen molar-refractivity contribution >= 4 is 0 Å². The molecule has 0 radical (unpaired) electrons. The quantitative estimate of drug-likeness (QED) is 0.248. The Balaban J connectivity index is 1.48. The average Bonchev–Trinajstić information content (AvgIpc) is 2.90. The molecule has 4 aromatic rings. The molecule has 0 aliphatic carbocycles. The fourth-order valence-corrected chi connectivity index (χ4v) is 4.80. The van der Waals surface area contributed by atoms with Crippen molar-refractivity contribution in [3.63, 3.8) is 0 Å². The van der Waals surface area contributed by atoms with E-state index >= 15 is 0 Å². The van der Waals surface area contributed by atoms with Gasteiger partial charge in [-0.1, -0.05) is 115 Å². The molecule has 0 aromatic heterocycles. The van der Waals surface area contributed by atoms with E-state index in [0.29, 0.717) is 12.8 Å². The fraction of sp³-hybridized carbons (Fsp3) is 0.250. The van der Waals surface area contributed by atoms with Crippen LogP contribution in [-0.2, 0) is 19.5 Å². The number of hydrogen-bond donors (Lipinski definition) is 3. The summed E-state index contributed by atoms with van der Waals surface area (Å²) in [7, 11) is 0. The Bertz CT molecular complexity index is 1130. The van der Waals surface area contributed by atoms with Gasteiger partial charge in [0.15, 0.2) is 0 Å². The van der Waals surface area contributed by atoms with Crippen LogP contribution in [0.3, 0.4) is 0 Å². The minimum absolute atomic E-state index is 0.0114. The second-order valence-electron chi connectivity index (χ2n) is 9.25. The second kappa shape index (κ2) is 13.0. The van der Waals surface area contributed by atoms with Crippen molar-refractivity contribution in [2.24, 2.45) is 5.73 Å². The lowest BCUT2D eigenvalue weighted by Crippen LogP contribution is -2.34. The van der Waals surface area contributed by atoms with Gasteiger partial charge < -0.3 is 16.2 Å². The monoisotopic (exact) mass is 464 g/mol. The molecule has 4 aromatic carbocycles. The van der Waals surface area contributed by atoms with Crippen LogP contribution in [0, 0.1) is 0 Å². The zero-order chi connectivity index (χ0) is 24.3. The van der Waals surface area contributed by atoms with Crippen LogP contribution in [-0.4, -0.2) is 17.3 Å². The van der Waals surface area contributed by atoms with E-state index in [-0.39, 0.29) is 12.0 Å². The number of rotatable bonds is 12. The lowest BCUT2D eigenvalue weighted by atomic mass is 9.80. The molecule has 0 heterocycles. The van der Waals surface area contributed by atoms with Crippen molar-refractivity contribution in [1.82, 2.24) is 5.32 Å². The summed E-state index contributed by atoms with van der Waals surface area (Å²) in [6.45, 7) is 1.58. The molecule has 35 heavy (non-hydrogen) atoms. The molecule has 0 spiro atoms. The van der Waals surface area contributed by atoms with Crippen molar-refractivity contribution < 1.29 is 5.11 Å². The maximum Gasteiger partial charge on any atom is 0.0558 e. The Morgan fingerprint density at radius 2 is 1.23 bits per heavy atom. The summed E-state index contributed by atoms with van der Waals surface area (Å²) in [5.74, 6) is 0.0114. The Morgan fingerprint density at radius 3 is 1.91 bits per heavy atom. The highest BCUT2D eigenvalue weighted by Crippen LogP contribution is 2.32. The molecular weight excluding hydrogens is 428 g/mol. The van der Waals surface area contributed by atoms with Gasteiger partial charge in [-0.15, -0.1) is 0 Å². The van der Waals surface area contributed by atoms with E-state index < -0.39 is 6.10 Å². The SMILES string of the molecule is NC(CC(O)CCc1ccccc1)C(c1ccccc1)c1ccccc1CNCc1ccccc1. The number of aryl methyl sites for hydroxylation is 1. The summed E-state index contributed by atoms with van der Waals surface area (Å²) >= 11 is 0. The predicted octanol–water partition coefficient (Wildman–Crippen LogP) is 5.82. The van der Waals surface area contributed by atoms with E-state index in [9.17, 15) is 5.11 Å². The third-order valence-corrected chi connectivity index (χ3v) is 6.62. The van der Waals surface area contributed by atoms with Crippen molar-refractivity contribution in [1.29, 1.82) is 0 Å². The number of hydrogen-bond acceptors (Lipinski definition) is 3. The first-order chi connectivity index (χ1) is 17.2. The maximum absolute atomic E-state index is 10.9. The molecular formula is C32H36N2O. The molecule has 0 saturated carbocycles. The zero-order valence-electron chi connectivity index (χ0n) is 20.3. The molecule has 0 saturated heterocycles. The number of aliphatic hydroxyl groups excluding tert-OH is 1. The largest absolute Gasteiger partial charge is 0.393 e. The molecule has 0 aliphatic heterocycles. The maximum atomic E-state index is 10.9. The van der Waals surface area contributed by atoms with Crippen LogP contribution in [0.4, 0.5) is 0 Å². The van der Waals surface area contributed by atoms with Gasteiger partial charge in [-0.2, -0.15) is 0 Å². The summed E-state index contributed by atoms with van der Waals surface area (Å²) in [5.41, 5.74) is 13.0. The summed E-state index contributed by atoms with van der Waals surface area (Å²) in [6, 6.07) is 39.6. The average molecular weight is 465 g/mol. The molecule has 3 heteroatoms. The van der Waals surface area contributed by atoms with Crippen LogP contribution >= 0.6 is 0 Å². The number of nitrogens with one attached hydrogen (secondary N) is 1. The number of benzene rings is 4. The van der Waals surface area contributed by atoms with Gasteiger partial charge in [0.05, 0.1) is 6.10 Å². The lowest BCUT2D eigenvalue weighted by molar-refractivity contribution is 0.143. The predicted molar refractivity (Wildman–Crippen MR) is 145 cm³/mol. The van der Waals surface area contributed by atoms with Crippen molar-refractivity contribution in [3.8, 4) is 0 Å². The Hall–Kier alpha value is -3.24. The minimum atomic E-state index is -0.445. The Morgan fingerprint density at radius 1 is 0.657 bits per heavy atom. The first kappa shape index (κ1) is 24.9. The molecule has 0 bridgehead atoms. The third-order valence-electron chi connectivity index (χ3n) is 6.62. The van der Waals surface area contributed by atoms with Gasteiger partial charge in [-0.25, -0.2) is 0 Å². The van der Waals surface area contributed by atoms with Gasteiger partial charge in [0.1, 0.15) is 0 Å². The Labute approximate surface area is 209 Å². The smallest absolute Gasteiger partial charge is 0.0558 e.